The molecule has 0 radical (unpaired) electrons. The highest BCUT2D eigenvalue weighted by Gasteiger charge is 2.24. The van der Waals surface area contributed by atoms with E-state index in [9.17, 15) is 10.1 Å². The Balaban J connectivity index is 2.33. The zero-order valence-electron chi connectivity index (χ0n) is 11.6. The Bertz CT molecular complexity index is 476. The average Bonchev–Trinajstić information content (AvgIpc) is 2.47. The summed E-state index contributed by atoms with van der Waals surface area (Å²) in [5.41, 5.74) is 0.835. The third-order valence-corrected chi connectivity index (χ3v) is 3.74. The molecule has 2 rings (SSSR count). The van der Waals surface area contributed by atoms with E-state index in [0.717, 1.165) is 31.5 Å². The molecule has 0 aliphatic carbocycles. The minimum atomic E-state index is -0.406. The van der Waals surface area contributed by atoms with Crippen molar-refractivity contribution in [1.29, 1.82) is 0 Å². The molecule has 0 bridgehead atoms. The van der Waals surface area contributed by atoms with Gasteiger partial charge in [-0.15, -0.1) is 0 Å². The number of hydrogen-bond donors (Lipinski definition) is 1. The predicted molar refractivity (Wildman–Crippen MR) is 76.3 cm³/mol. The number of hydrogen-bond acceptors (Lipinski definition) is 5. The first kappa shape index (κ1) is 14.6. The van der Waals surface area contributed by atoms with Gasteiger partial charge in [0, 0.05) is 37.0 Å². The zero-order valence-corrected chi connectivity index (χ0v) is 11.6. The largest absolute Gasteiger partial charge is 0.496 e. The quantitative estimate of drug-likeness (QED) is 0.662. The van der Waals surface area contributed by atoms with Gasteiger partial charge in [-0.25, -0.2) is 0 Å². The third kappa shape index (κ3) is 3.19. The van der Waals surface area contributed by atoms with Crippen molar-refractivity contribution in [3.05, 3.63) is 28.3 Å². The van der Waals surface area contributed by atoms with E-state index in [1.165, 1.54) is 13.2 Å². The van der Waals surface area contributed by atoms with E-state index in [1.807, 2.05) is 6.07 Å². The molecule has 6 heteroatoms. The van der Waals surface area contributed by atoms with E-state index in [0.29, 0.717) is 12.2 Å². The van der Waals surface area contributed by atoms with E-state index in [4.69, 9.17) is 9.84 Å². The molecule has 6 nitrogen and oxygen atoms in total. The number of non-ortho nitro benzene ring substituents is 1. The standard InChI is InChI=1S/C14H20N2O4/c1-20-14-9-12(8-13(10-14)16(18)19)15-6-3-2-4-11(15)5-7-17/h8-11,17H,2-7H2,1H3. The minimum absolute atomic E-state index is 0.0349. The number of aliphatic hydroxyl groups is 1. The summed E-state index contributed by atoms with van der Waals surface area (Å²) in [5, 5.41) is 20.2. The van der Waals surface area contributed by atoms with Crippen LogP contribution < -0.4 is 9.64 Å². The van der Waals surface area contributed by atoms with Gasteiger partial charge >= 0.3 is 0 Å². The first-order chi connectivity index (χ1) is 9.65. The van der Waals surface area contributed by atoms with Crippen LogP contribution in [0.15, 0.2) is 18.2 Å². The minimum Gasteiger partial charge on any atom is -0.496 e. The molecule has 1 unspecified atom stereocenters. The lowest BCUT2D eigenvalue weighted by molar-refractivity contribution is -0.384. The summed E-state index contributed by atoms with van der Waals surface area (Å²) in [6.07, 6.45) is 3.89. The van der Waals surface area contributed by atoms with Crippen molar-refractivity contribution in [1.82, 2.24) is 0 Å². The predicted octanol–water partition coefficient (Wildman–Crippen LogP) is 2.34. The molecule has 0 aromatic heterocycles. The number of nitro groups is 1. The number of nitrogens with zero attached hydrogens (tertiary/aromatic N) is 2. The summed E-state index contributed by atoms with van der Waals surface area (Å²) in [6.45, 7) is 0.988. The summed E-state index contributed by atoms with van der Waals surface area (Å²) < 4.78 is 5.15. The number of benzene rings is 1. The molecular formula is C14H20N2O4. The molecule has 1 atom stereocenters. The smallest absolute Gasteiger partial charge is 0.275 e. The van der Waals surface area contributed by atoms with Crippen LogP contribution in [0.2, 0.25) is 0 Å². The van der Waals surface area contributed by atoms with Gasteiger partial charge in [-0.1, -0.05) is 0 Å². The second-order valence-electron chi connectivity index (χ2n) is 5.00. The van der Waals surface area contributed by atoms with E-state index < -0.39 is 4.92 Å². The van der Waals surface area contributed by atoms with Gasteiger partial charge < -0.3 is 14.7 Å². The van der Waals surface area contributed by atoms with Crippen LogP contribution >= 0.6 is 0 Å². The van der Waals surface area contributed by atoms with Gasteiger partial charge in [0.15, 0.2) is 0 Å². The van der Waals surface area contributed by atoms with Crippen LogP contribution in [0.4, 0.5) is 11.4 Å². The Morgan fingerprint density at radius 3 is 2.90 bits per heavy atom. The van der Waals surface area contributed by atoms with E-state index in [1.54, 1.807) is 6.07 Å². The van der Waals surface area contributed by atoms with E-state index >= 15 is 0 Å². The molecule has 0 spiro atoms. The molecule has 0 saturated carbocycles. The Kier molecular flexibility index (Phi) is 4.79. The van der Waals surface area contributed by atoms with Gasteiger partial charge in [0.25, 0.3) is 5.69 Å². The number of methoxy groups -OCH3 is 1. The molecule has 1 saturated heterocycles. The zero-order chi connectivity index (χ0) is 14.5. The summed E-state index contributed by atoms with van der Waals surface area (Å²) in [5.74, 6) is 0.488. The van der Waals surface area contributed by atoms with Gasteiger partial charge in [-0.2, -0.15) is 0 Å². The molecular weight excluding hydrogens is 260 g/mol. The fourth-order valence-corrected chi connectivity index (χ4v) is 2.75. The molecule has 0 amide bonds. The second-order valence-corrected chi connectivity index (χ2v) is 5.00. The maximum absolute atomic E-state index is 11.0. The molecule has 1 aliphatic heterocycles. The van der Waals surface area contributed by atoms with Gasteiger partial charge in [0.05, 0.1) is 18.1 Å². The Morgan fingerprint density at radius 1 is 1.45 bits per heavy atom. The third-order valence-electron chi connectivity index (χ3n) is 3.74. The number of rotatable bonds is 5. The van der Waals surface area contributed by atoms with Gasteiger partial charge in [-0.05, 0) is 25.7 Å². The van der Waals surface area contributed by atoms with Gasteiger partial charge in [0.1, 0.15) is 5.75 Å². The molecule has 1 aromatic carbocycles. The van der Waals surface area contributed by atoms with Crippen molar-refractivity contribution in [3.8, 4) is 5.75 Å². The summed E-state index contributed by atoms with van der Waals surface area (Å²) in [7, 11) is 1.50. The van der Waals surface area contributed by atoms with Crippen LogP contribution in [0.3, 0.4) is 0 Å². The first-order valence-corrected chi connectivity index (χ1v) is 6.86. The SMILES string of the molecule is COc1cc(N2CCCCC2CCO)cc([N+](=O)[O-])c1. The van der Waals surface area contributed by atoms with Crippen molar-refractivity contribution in [2.75, 3.05) is 25.2 Å². The topological polar surface area (TPSA) is 75.8 Å². The molecule has 110 valence electrons. The van der Waals surface area contributed by atoms with Crippen LogP contribution in [0.1, 0.15) is 25.7 Å². The van der Waals surface area contributed by atoms with E-state index in [-0.39, 0.29) is 18.3 Å². The number of anilines is 1. The molecule has 1 fully saturated rings. The second kappa shape index (κ2) is 6.56. The van der Waals surface area contributed by atoms with Crippen molar-refractivity contribution in [3.63, 3.8) is 0 Å². The highest BCUT2D eigenvalue weighted by molar-refractivity contribution is 5.58. The van der Waals surface area contributed by atoms with Gasteiger partial charge in [-0.3, -0.25) is 10.1 Å². The lowest BCUT2D eigenvalue weighted by Gasteiger charge is -2.37. The molecule has 1 aromatic rings. The van der Waals surface area contributed by atoms with E-state index in [2.05, 4.69) is 4.90 Å². The summed E-state index contributed by atoms with van der Waals surface area (Å²) >= 11 is 0. The lowest BCUT2D eigenvalue weighted by Crippen LogP contribution is -2.40. The summed E-state index contributed by atoms with van der Waals surface area (Å²) in [4.78, 5) is 12.7. The monoisotopic (exact) mass is 280 g/mol. The van der Waals surface area contributed by atoms with Crippen LogP contribution in [0.5, 0.6) is 5.75 Å². The fourth-order valence-electron chi connectivity index (χ4n) is 2.75. The van der Waals surface area contributed by atoms with Crippen LogP contribution in [-0.2, 0) is 0 Å². The average molecular weight is 280 g/mol. The molecule has 1 N–H and O–H groups in total. The maximum atomic E-state index is 11.0. The summed E-state index contributed by atoms with van der Waals surface area (Å²) in [6, 6.07) is 5.07. The highest BCUT2D eigenvalue weighted by atomic mass is 16.6. The molecule has 20 heavy (non-hydrogen) atoms. The van der Waals surface area contributed by atoms with Crippen LogP contribution in [0, 0.1) is 10.1 Å². The number of ether oxygens (including phenoxy) is 1. The van der Waals surface area contributed by atoms with Gasteiger partial charge in [0.2, 0.25) is 0 Å². The van der Waals surface area contributed by atoms with Crippen LogP contribution in [0.25, 0.3) is 0 Å². The molecule has 1 aliphatic rings. The molecule has 1 heterocycles. The highest BCUT2D eigenvalue weighted by Crippen LogP contribution is 2.32. The maximum Gasteiger partial charge on any atom is 0.275 e. The number of nitro benzene ring substituents is 1. The Labute approximate surface area is 118 Å². The van der Waals surface area contributed by atoms with Crippen molar-refractivity contribution in [2.45, 2.75) is 31.7 Å². The number of piperidine rings is 1. The van der Waals surface area contributed by atoms with Crippen molar-refractivity contribution >= 4 is 11.4 Å². The Hall–Kier alpha value is -1.82. The lowest BCUT2D eigenvalue weighted by atomic mass is 9.98. The first-order valence-electron chi connectivity index (χ1n) is 6.86. The van der Waals surface area contributed by atoms with Crippen molar-refractivity contribution in [2.24, 2.45) is 0 Å². The fraction of sp³-hybridized carbons (Fsp3) is 0.571. The Morgan fingerprint density at radius 2 is 2.25 bits per heavy atom. The van der Waals surface area contributed by atoms with Crippen LogP contribution in [-0.4, -0.2) is 36.3 Å². The normalized spacial score (nSPS) is 18.9. The number of aliphatic hydroxyl groups excluding tert-OH is 1. The van der Waals surface area contributed by atoms with Crippen molar-refractivity contribution < 1.29 is 14.8 Å².